The predicted molar refractivity (Wildman–Crippen MR) is 116 cm³/mol. The van der Waals surface area contributed by atoms with Crippen LogP contribution in [0.1, 0.15) is 34.6 Å². The first-order valence-corrected chi connectivity index (χ1v) is 10.4. The zero-order valence-corrected chi connectivity index (χ0v) is 17.9. The molecular formula is C22H26BrN3O2. The highest BCUT2D eigenvalue weighted by Crippen LogP contribution is 2.22. The molecule has 148 valence electrons. The quantitative estimate of drug-likeness (QED) is 0.755. The van der Waals surface area contributed by atoms with Crippen molar-refractivity contribution in [2.24, 2.45) is 5.92 Å². The summed E-state index contributed by atoms with van der Waals surface area (Å²) < 4.78 is 0.720. The number of para-hydroxylation sites is 1. The van der Waals surface area contributed by atoms with E-state index in [1.165, 1.54) is 0 Å². The smallest absolute Gasteiger partial charge is 0.256 e. The Balaban J connectivity index is 1.71. The fraction of sp³-hybridized carbons (Fsp3) is 0.364. The number of amides is 2. The molecule has 0 aliphatic carbocycles. The van der Waals surface area contributed by atoms with Crippen molar-refractivity contribution in [2.75, 3.05) is 38.0 Å². The van der Waals surface area contributed by atoms with Crippen molar-refractivity contribution in [1.29, 1.82) is 0 Å². The fourth-order valence-electron chi connectivity index (χ4n) is 3.43. The first kappa shape index (κ1) is 20.6. The van der Waals surface area contributed by atoms with Gasteiger partial charge in [-0.05, 0) is 46.1 Å². The number of rotatable bonds is 5. The van der Waals surface area contributed by atoms with E-state index in [0.29, 0.717) is 35.8 Å². The topological polar surface area (TPSA) is 52.6 Å². The Labute approximate surface area is 174 Å². The van der Waals surface area contributed by atoms with Gasteiger partial charge in [-0.1, -0.05) is 38.1 Å². The number of nitrogens with one attached hydrogen (secondary N) is 1. The van der Waals surface area contributed by atoms with E-state index >= 15 is 0 Å². The van der Waals surface area contributed by atoms with Gasteiger partial charge in [-0.3, -0.25) is 14.5 Å². The summed E-state index contributed by atoms with van der Waals surface area (Å²) in [5, 5.41) is 2.90. The molecule has 0 saturated carbocycles. The van der Waals surface area contributed by atoms with E-state index in [2.05, 4.69) is 40.0 Å². The van der Waals surface area contributed by atoms with Gasteiger partial charge < -0.3 is 10.2 Å². The Kier molecular flexibility index (Phi) is 6.86. The lowest BCUT2D eigenvalue weighted by Gasteiger charge is -2.35. The molecule has 0 spiro atoms. The maximum Gasteiger partial charge on any atom is 0.256 e. The number of hydrogen-bond acceptors (Lipinski definition) is 3. The van der Waals surface area contributed by atoms with Gasteiger partial charge >= 0.3 is 0 Å². The number of carbonyl (C=O) groups excluding carboxylic acids is 2. The Morgan fingerprint density at radius 3 is 2.21 bits per heavy atom. The standard InChI is InChI=1S/C22H26BrN3O2/c1-16(2)15-25-11-13-26(14-12-25)22(28)18-8-4-6-10-20(18)24-21(27)17-7-3-5-9-19(17)23/h3-10,16H,11-15H2,1-2H3,(H,24,27). The molecular weight excluding hydrogens is 418 g/mol. The number of piperazine rings is 1. The maximum absolute atomic E-state index is 13.1. The number of anilines is 1. The molecule has 5 nitrogen and oxygen atoms in total. The Morgan fingerprint density at radius 2 is 1.57 bits per heavy atom. The van der Waals surface area contributed by atoms with Gasteiger partial charge in [-0.15, -0.1) is 0 Å². The van der Waals surface area contributed by atoms with Crippen molar-refractivity contribution < 1.29 is 9.59 Å². The molecule has 3 rings (SSSR count). The second kappa shape index (κ2) is 9.34. The van der Waals surface area contributed by atoms with Crippen LogP contribution >= 0.6 is 15.9 Å². The molecule has 0 atom stereocenters. The van der Waals surface area contributed by atoms with E-state index < -0.39 is 0 Å². The van der Waals surface area contributed by atoms with Crippen LogP contribution in [0.25, 0.3) is 0 Å². The van der Waals surface area contributed by atoms with Gasteiger partial charge in [0.05, 0.1) is 16.8 Å². The lowest BCUT2D eigenvalue weighted by molar-refractivity contribution is 0.0625. The highest BCUT2D eigenvalue weighted by atomic mass is 79.9. The first-order valence-electron chi connectivity index (χ1n) is 9.62. The van der Waals surface area contributed by atoms with E-state index in [4.69, 9.17) is 0 Å². The van der Waals surface area contributed by atoms with Crippen LogP contribution in [0.15, 0.2) is 53.0 Å². The van der Waals surface area contributed by atoms with Crippen molar-refractivity contribution >= 4 is 33.4 Å². The zero-order valence-electron chi connectivity index (χ0n) is 16.3. The summed E-state index contributed by atoms with van der Waals surface area (Å²) in [6, 6.07) is 14.4. The van der Waals surface area contributed by atoms with E-state index in [0.717, 1.165) is 24.1 Å². The van der Waals surface area contributed by atoms with Gasteiger partial charge in [0.2, 0.25) is 0 Å². The second-order valence-electron chi connectivity index (χ2n) is 7.47. The minimum Gasteiger partial charge on any atom is -0.336 e. The predicted octanol–water partition coefficient (Wildman–Crippen LogP) is 4.12. The third-order valence-electron chi connectivity index (χ3n) is 4.81. The van der Waals surface area contributed by atoms with Crippen molar-refractivity contribution in [3.63, 3.8) is 0 Å². The molecule has 1 heterocycles. The van der Waals surface area contributed by atoms with Crippen LogP contribution in [0.2, 0.25) is 0 Å². The summed E-state index contributed by atoms with van der Waals surface area (Å²) in [5.41, 5.74) is 1.60. The van der Waals surface area contributed by atoms with E-state index in [1.807, 2.05) is 35.2 Å². The van der Waals surface area contributed by atoms with Crippen molar-refractivity contribution in [1.82, 2.24) is 9.80 Å². The highest BCUT2D eigenvalue weighted by molar-refractivity contribution is 9.10. The molecule has 0 aromatic heterocycles. The molecule has 0 unspecified atom stereocenters. The van der Waals surface area contributed by atoms with Crippen LogP contribution < -0.4 is 5.32 Å². The van der Waals surface area contributed by atoms with Crippen LogP contribution in [0.3, 0.4) is 0 Å². The SMILES string of the molecule is CC(C)CN1CCN(C(=O)c2ccccc2NC(=O)c2ccccc2Br)CC1. The molecule has 2 amide bonds. The van der Waals surface area contributed by atoms with Gasteiger partial charge in [0, 0.05) is 37.2 Å². The zero-order chi connectivity index (χ0) is 20.1. The van der Waals surface area contributed by atoms with Crippen LogP contribution in [-0.2, 0) is 0 Å². The molecule has 1 N–H and O–H groups in total. The largest absolute Gasteiger partial charge is 0.336 e. The van der Waals surface area contributed by atoms with Crippen LogP contribution in [0.5, 0.6) is 0 Å². The maximum atomic E-state index is 13.1. The highest BCUT2D eigenvalue weighted by Gasteiger charge is 2.24. The minimum atomic E-state index is -0.241. The average molecular weight is 444 g/mol. The summed E-state index contributed by atoms with van der Waals surface area (Å²) in [4.78, 5) is 30.0. The molecule has 0 bridgehead atoms. The number of nitrogens with zero attached hydrogens (tertiary/aromatic N) is 2. The lowest BCUT2D eigenvalue weighted by Crippen LogP contribution is -2.49. The Bertz CT molecular complexity index is 845. The van der Waals surface area contributed by atoms with Gasteiger partial charge in [0.1, 0.15) is 0 Å². The van der Waals surface area contributed by atoms with Gasteiger partial charge in [-0.2, -0.15) is 0 Å². The molecule has 1 aliphatic rings. The third-order valence-corrected chi connectivity index (χ3v) is 5.50. The van der Waals surface area contributed by atoms with Gasteiger partial charge in [-0.25, -0.2) is 0 Å². The van der Waals surface area contributed by atoms with Crippen molar-refractivity contribution in [3.8, 4) is 0 Å². The fourth-order valence-corrected chi connectivity index (χ4v) is 3.90. The minimum absolute atomic E-state index is 0.0350. The molecule has 2 aromatic rings. The molecule has 28 heavy (non-hydrogen) atoms. The van der Waals surface area contributed by atoms with Gasteiger partial charge in [0.25, 0.3) is 11.8 Å². The first-order chi connectivity index (χ1) is 13.5. The van der Waals surface area contributed by atoms with Gasteiger partial charge in [0.15, 0.2) is 0 Å². The number of carbonyl (C=O) groups is 2. The van der Waals surface area contributed by atoms with E-state index in [9.17, 15) is 9.59 Å². The third kappa shape index (κ3) is 5.00. The summed E-state index contributed by atoms with van der Waals surface area (Å²) in [7, 11) is 0. The second-order valence-corrected chi connectivity index (χ2v) is 8.32. The summed E-state index contributed by atoms with van der Waals surface area (Å²) in [6.45, 7) is 8.66. The summed E-state index contributed by atoms with van der Waals surface area (Å²) >= 11 is 3.40. The number of halogens is 1. The molecule has 0 radical (unpaired) electrons. The van der Waals surface area contributed by atoms with Crippen molar-refractivity contribution in [2.45, 2.75) is 13.8 Å². The van der Waals surface area contributed by atoms with Crippen LogP contribution in [0, 0.1) is 5.92 Å². The lowest BCUT2D eigenvalue weighted by atomic mass is 10.1. The molecule has 6 heteroatoms. The average Bonchev–Trinajstić information content (AvgIpc) is 2.68. The Morgan fingerprint density at radius 1 is 0.964 bits per heavy atom. The Hall–Kier alpha value is -2.18. The molecule has 1 fully saturated rings. The molecule has 1 saturated heterocycles. The van der Waals surface area contributed by atoms with E-state index in [1.54, 1.807) is 18.2 Å². The van der Waals surface area contributed by atoms with E-state index in [-0.39, 0.29) is 11.8 Å². The molecule has 1 aliphatic heterocycles. The summed E-state index contributed by atoms with van der Waals surface area (Å²) in [6.07, 6.45) is 0. The molecule has 2 aromatic carbocycles. The normalized spacial score (nSPS) is 14.9. The summed E-state index contributed by atoms with van der Waals surface area (Å²) in [5.74, 6) is 0.345. The van der Waals surface area contributed by atoms with Crippen LogP contribution in [-0.4, -0.2) is 54.3 Å². The van der Waals surface area contributed by atoms with Crippen LogP contribution in [0.4, 0.5) is 5.69 Å². The number of hydrogen-bond donors (Lipinski definition) is 1. The monoisotopic (exact) mass is 443 g/mol. The van der Waals surface area contributed by atoms with Crippen molar-refractivity contribution in [3.05, 3.63) is 64.1 Å². The number of benzene rings is 2.